The molecule has 18 heavy (non-hydrogen) atoms. The zero-order chi connectivity index (χ0) is 13.0. The summed E-state index contributed by atoms with van der Waals surface area (Å²) in [4.78, 5) is 4.52. The summed E-state index contributed by atoms with van der Waals surface area (Å²) in [5.41, 5.74) is 2.88. The maximum Gasteiger partial charge on any atom is 0.101 e. The molecular weight excluding hydrogens is 224 g/mol. The lowest BCUT2D eigenvalue weighted by Gasteiger charge is -2.30. The minimum atomic E-state index is 0.395. The van der Waals surface area contributed by atoms with Crippen LogP contribution in [0.2, 0.25) is 0 Å². The minimum Gasteiger partial charge on any atom is -0.376 e. The number of nitriles is 1. The quantitative estimate of drug-likeness (QED) is 0.815. The molecule has 2 unspecified atom stereocenters. The van der Waals surface area contributed by atoms with Crippen molar-refractivity contribution in [1.29, 1.82) is 5.26 Å². The zero-order valence-corrected chi connectivity index (χ0v) is 11.1. The van der Waals surface area contributed by atoms with Crippen LogP contribution < -0.4 is 0 Å². The van der Waals surface area contributed by atoms with Crippen LogP contribution in [0.15, 0.2) is 12.3 Å². The molecule has 0 aliphatic carbocycles. The third-order valence-electron chi connectivity index (χ3n) is 3.79. The Bertz CT molecular complexity index is 450. The van der Waals surface area contributed by atoms with Gasteiger partial charge in [-0.3, -0.25) is 4.98 Å². The van der Waals surface area contributed by atoms with Gasteiger partial charge in [0.25, 0.3) is 0 Å². The second kappa shape index (κ2) is 5.97. The fourth-order valence-corrected chi connectivity index (χ4v) is 2.83. The minimum absolute atomic E-state index is 0.395. The van der Waals surface area contributed by atoms with Crippen LogP contribution in [0.5, 0.6) is 0 Å². The lowest BCUT2D eigenvalue weighted by molar-refractivity contribution is 0.0699. The van der Waals surface area contributed by atoms with E-state index in [0.717, 1.165) is 24.3 Å². The molecule has 0 spiro atoms. The summed E-state index contributed by atoms with van der Waals surface area (Å²) >= 11 is 0. The molecule has 2 atom stereocenters. The summed E-state index contributed by atoms with van der Waals surface area (Å²) in [6.45, 7) is 5.82. The van der Waals surface area contributed by atoms with Gasteiger partial charge in [-0.15, -0.1) is 0 Å². The second-order valence-corrected chi connectivity index (χ2v) is 4.96. The third-order valence-corrected chi connectivity index (χ3v) is 3.79. The molecule has 2 heterocycles. The highest BCUT2D eigenvalue weighted by molar-refractivity contribution is 5.35. The Morgan fingerprint density at radius 3 is 3.06 bits per heavy atom. The van der Waals surface area contributed by atoms with E-state index in [1.165, 1.54) is 12.8 Å². The molecule has 3 heteroatoms. The monoisotopic (exact) mass is 244 g/mol. The van der Waals surface area contributed by atoms with Crippen molar-refractivity contribution in [3.8, 4) is 6.07 Å². The van der Waals surface area contributed by atoms with Gasteiger partial charge in [0.2, 0.25) is 0 Å². The Morgan fingerprint density at radius 2 is 2.39 bits per heavy atom. The average Bonchev–Trinajstić information content (AvgIpc) is 2.43. The maximum absolute atomic E-state index is 8.91. The van der Waals surface area contributed by atoms with Crippen molar-refractivity contribution in [1.82, 2.24) is 4.98 Å². The predicted molar refractivity (Wildman–Crippen MR) is 70.0 cm³/mol. The highest BCUT2D eigenvalue weighted by atomic mass is 16.5. The van der Waals surface area contributed by atoms with Crippen LogP contribution in [0.3, 0.4) is 0 Å². The predicted octanol–water partition coefficient (Wildman–Crippen LogP) is 3.39. The van der Waals surface area contributed by atoms with Gasteiger partial charge in [0.15, 0.2) is 0 Å². The summed E-state index contributed by atoms with van der Waals surface area (Å²) in [5, 5.41) is 8.91. The van der Waals surface area contributed by atoms with Crippen molar-refractivity contribution in [2.75, 3.05) is 6.61 Å². The Morgan fingerprint density at radius 1 is 1.56 bits per heavy atom. The highest BCUT2D eigenvalue weighted by Crippen LogP contribution is 2.35. The molecule has 1 aromatic heterocycles. The fourth-order valence-electron chi connectivity index (χ4n) is 2.83. The highest BCUT2D eigenvalue weighted by Gasteiger charge is 2.28. The van der Waals surface area contributed by atoms with Gasteiger partial charge in [-0.2, -0.15) is 5.26 Å². The van der Waals surface area contributed by atoms with Crippen LogP contribution >= 0.6 is 0 Å². The van der Waals surface area contributed by atoms with Crippen molar-refractivity contribution in [2.45, 2.75) is 45.6 Å². The summed E-state index contributed by atoms with van der Waals surface area (Å²) in [5.74, 6) is 1.03. The van der Waals surface area contributed by atoms with Gasteiger partial charge >= 0.3 is 0 Å². The van der Waals surface area contributed by atoms with Crippen molar-refractivity contribution in [3.63, 3.8) is 0 Å². The van der Waals surface area contributed by atoms with Crippen molar-refractivity contribution < 1.29 is 4.74 Å². The van der Waals surface area contributed by atoms with E-state index in [4.69, 9.17) is 10.00 Å². The molecule has 0 saturated heterocycles. The van der Waals surface area contributed by atoms with Gasteiger partial charge in [0, 0.05) is 17.7 Å². The first kappa shape index (κ1) is 13.0. The molecule has 1 aliphatic heterocycles. The van der Waals surface area contributed by atoms with E-state index in [1.54, 1.807) is 6.20 Å². The average molecular weight is 244 g/mol. The molecule has 1 aromatic rings. The summed E-state index contributed by atoms with van der Waals surface area (Å²) in [6.07, 6.45) is 5.26. The molecule has 96 valence electrons. The second-order valence-electron chi connectivity index (χ2n) is 4.96. The molecular formula is C15H20N2O. The van der Waals surface area contributed by atoms with Crippen LogP contribution in [0, 0.1) is 17.2 Å². The van der Waals surface area contributed by atoms with E-state index in [-0.39, 0.29) is 0 Å². The first-order valence-electron chi connectivity index (χ1n) is 6.76. The fraction of sp³-hybridized carbons (Fsp3) is 0.600. The van der Waals surface area contributed by atoms with Gasteiger partial charge in [0.05, 0.1) is 24.5 Å². The molecule has 0 aromatic carbocycles. The summed E-state index contributed by atoms with van der Waals surface area (Å²) < 4.78 is 5.69. The molecule has 0 fully saturated rings. The van der Waals surface area contributed by atoms with E-state index in [1.807, 2.05) is 6.07 Å². The van der Waals surface area contributed by atoms with Crippen LogP contribution in [0.25, 0.3) is 0 Å². The largest absolute Gasteiger partial charge is 0.376 e. The summed E-state index contributed by atoms with van der Waals surface area (Å²) in [6, 6.07) is 4.07. The number of rotatable bonds is 4. The summed E-state index contributed by atoms with van der Waals surface area (Å²) in [7, 11) is 0. The lowest BCUT2D eigenvalue weighted by Crippen LogP contribution is -2.25. The van der Waals surface area contributed by atoms with Gasteiger partial charge in [-0.25, -0.2) is 0 Å². The lowest BCUT2D eigenvalue weighted by atomic mass is 9.82. The Hall–Kier alpha value is -1.40. The smallest absolute Gasteiger partial charge is 0.101 e. The van der Waals surface area contributed by atoms with Crippen molar-refractivity contribution >= 4 is 0 Å². The van der Waals surface area contributed by atoms with E-state index >= 15 is 0 Å². The van der Waals surface area contributed by atoms with E-state index in [9.17, 15) is 0 Å². The standard InChI is InChI=1S/C15H20N2O/c1-3-5-12(4-2)14-10-18-9-13-6-11(7-16)8-17-15(13)14/h6,8,12,14H,3-5,9-10H2,1-2H3. The first-order chi connectivity index (χ1) is 8.80. The number of hydrogen-bond donors (Lipinski definition) is 0. The Kier molecular flexibility index (Phi) is 4.33. The van der Waals surface area contributed by atoms with Crippen molar-refractivity contribution in [2.24, 2.45) is 5.92 Å². The van der Waals surface area contributed by atoms with Gasteiger partial charge < -0.3 is 4.74 Å². The number of aromatic nitrogens is 1. The van der Waals surface area contributed by atoms with Crippen molar-refractivity contribution in [3.05, 3.63) is 29.1 Å². The first-order valence-corrected chi connectivity index (χ1v) is 6.76. The topological polar surface area (TPSA) is 45.9 Å². The maximum atomic E-state index is 8.91. The van der Waals surface area contributed by atoms with Crippen LogP contribution in [-0.4, -0.2) is 11.6 Å². The van der Waals surface area contributed by atoms with E-state index in [0.29, 0.717) is 24.0 Å². The Labute approximate surface area is 109 Å². The normalized spacial score (nSPS) is 19.9. The SMILES string of the molecule is CCCC(CC)C1COCc2cc(C#N)cnc21. The molecule has 0 amide bonds. The molecule has 1 aliphatic rings. The number of hydrogen-bond acceptors (Lipinski definition) is 3. The van der Waals surface area contributed by atoms with E-state index < -0.39 is 0 Å². The zero-order valence-electron chi connectivity index (χ0n) is 11.1. The molecule has 0 radical (unpaired) electrons. The van der Waals surface area contributed by atoms with E-state index in [2.05, 4.69) is 24.9 Å². The Balaban J connectivity index is 2.30. The molecule has 0 N–H and O–H groups in total. The number of nitrogens with zero attached hydrogens (tertiary/aromatic N) is 2. The molecule has 0 saturated carbocycles. The number of pyridine rings is 1. The number of fused-ring (bicyclic) bond motifs is 1. The molecule has 3 nitrogen and oxygen atoms in total. The van der Waals surface area contributed by atoms with Crippen LogP contribution in [0.4, 0.5) is 0 Å². The molecule has 2 rings (SSSR count). The van der Waals surface area contributed by atoms with Crippen LogP contribution in [0.1, 0.15) is 55.8 Å². The van der Waals surface area contributed by atoms with Gasteiger partial charge in [0.1, 0.15) is 6.07 Å². The van der Waals surface area contributed by atoms with Gasteiger partial charge in [-0.05, 0) is 18.4 Å². The third kappa shape index (κ3) is 2.54. The van der Waals surface area contributed by atoms with Crippen LogP contribution in [-0.2, 0) is 11.3 Å². The molecule has 0 bridgehead atoms. The van der Waals surface area contributed by atoms with Gasteiger partial charge in [-0.1, -0.05) is 26.7 Å². The number of ether oxygens (including phenoxy) is 1.